The summed E-state index contributed by atoms with van der Waals surface area (Å²) in [4.78, 5) is 0. The van der Waals surface area contributed by atoms with Crippen LogP contribution in [-0.2, 0) is 10.0 Å². The van der Waals surface area contributed by atoms with Gasteiger partial charge in [0, 0.05) is 12.1 Å². The second-order valence-corrected chi connectivity index (χ2v) is 7.38. The van der Waals surface area contributed by atoms with E-state index in [-0.39, 0.29) is 17.8 Å². The molecule has 0 bridgehead atoms. The van der Waals surface area contributed by atoms with E-state index in [4.69, 9.17) is 12.2 Å². The van der Waals surface area contributed by atoms with E-state index in [2.05, 4.69) is 0 Å². The molecule has 0 aliphatic rings. The molecular weight excluding hydrogens is 250 g/mol. The summed E-state index contributed by atoms with van der Waals surface area (Å²) in [5.41, 5.74) is 0. The lowest BCUT2D eigenvalue weighted by atomic mass is 10.3. The van der Waals surface area contributed by atoms with E-state index in [9.17, 15) is 8.42 Å². The summed E-state index contributed by atoms with van der Waals surface area (Å²) in [6, 6.07) is -0.0562. The van der Waals surface area contributed by atoms with E-state index in [0.717, 1.165) is 0 Å². The molecule has 0 amide bonds. The summed E-state index contributed by atoms with van der Waals surface area (Å²) in [6.45, 7) is 7.50. The summed E-state index contributed by atoms with van der Waals surface area (Å²) < 4.78 is 26.0. The van der Waals surface area contributed by atoms with Crippen LogP contribution >= 0.6 is 24.0 Å². The second-order valence-electron chi connectivity index (χ2n) is 3.85. The van der Waals surface area contributed by atoms with Crippen LogP contribution < -0.4 is 0 Å². The van der Waals surface area contributed by atoms with E-state index in [0.29, 0.717) is 4.20 Å². The lowest BCUT2D eigenvalue weighted by Gasteiger charge is -2.29. The van der Waals surface area contributed by atoms with Crippen LogP contribution in [0.4, 0.5) is 0 Å². The van der Waals surface area contributed by atoms with Crippen molar-refractivity contribution in [3.05, 3.63) is 0 Å². The molecule has 6 heteroatoms. The van der Waals surface area contributed by atoms with Gasteiger partial charge in [-0.3, -0.25) is 0 Å². The third kappa shape index (κ3) is 4.80. The van der Waals surface area contributed by atoms with Crippen LogP contribution in [0, 0.1) is 0 Å². The van der Waals surface area contributed by atoms with E-state index in [1.807, 2.05) is 27.7 Å². The first-order chi connectivity index (χ1) is 6.72. The third-order valence-electron chi connectivity index (χ3n) is 1.87. The minimum Gasteiger partial charge on any atom is -0.212 e. The number of thioether (sulfide) groups is 1. The Kier molecular flexibility index (Phi) is 6.32. The predicted octanol–water partition coefficient (Wildman–Crippen LogP) is 2.13. The maximum atomic E-state index is 12.0. The normalized spacial score (nSPS) is 12.8. The monoisotopic (exact) mass is 269 g/mol. The van der Waals surface area contributed by atoms with Crippen molar-refractivity contribution in [1.29, 1.82) is 0 Å². The van der Waals surface area contributed by atoms with Gasteiger partial charge in [0.25, 0.3) is 0 Å². The van der Waals surface area contributed by atoms with Crippen LogP contribution in [0.2, 0.25) is 0 Å². The Labute approximate surface area is 103 Å². The Morgan fingerprint density at radius 3 is 1.93 bits per heavy atom. The molecule has 0 atom stereocenters. The molecule has 0 aromatic heterocycles. The molecule has 0 saturated heterocycles. The van der Waals surface area contributed by atoms with E-state index >= 15 is 0 Å². The topological polar surface area (TPSA) is 37.4 Å². The molecule has 0 N–H and O–H groups in total. The minimum atomic E-state index is -3.26. The Morgan fingerprint density at radius 1 is 1.27 bits per heavy atom. The molecule has 0 aliphatic carbocycles. The van der Waals surface area contributed by atoms with Crippen molar-refractivity contribution >= 4 is 38.2 Å². The molecule has 0 heterocycles. The lowest BCUT2D eigenvalue weighted by molar-refractivity contribution is 0.304. The largest absolute Gasteiger partial charge is 0.220 e. The van der Waals surface area contributed by atoms with Crippen molar-refractivity contribution in [2.75, 3.05) is 12.0 Å². The van der Waals surface area contributed by atoms with Gasteiger partial charge in [0.05, 0.1) is 4.20 Å². The minimum absolute atomic E-state index is 0.0281. The smallest absolute Gasteiger partial charge is 0.212 e. The fraction of sp³-hybridized carbons (Fsp3) is 0.889. The summed E-state index contributed by atoms with van der Waals surface area (Å²) in [7, 11) is -3.26. The molecule has 0 rings (SSSR count). The average Bonchev–Trinajstić information content (AvgIpc) is 2.00. The Bertz CT molecular complexity index is 301. The van der Waals surface area contributed by atoms with Crippen LogP contribution in [0.5, 0.6) is 0 Å². The molecular formula is C9H19NO2S3. The zero-order valence-corrected chi connectivity index (χ0v) is 12.3. The highest BCUT2D eigenvalue weighted by molar-refractivity contribution is 8.23. The second kappa shape index (κ2) is 6.18. The van der Waals surface area contributed by atoms with Crippen LogP contribution in [0.1, 0.15) is 27.7 Å². The molecule has 0 radical (unpaired) electrons. The molecule has 0 aromatic carbocycles. The van der Waals surface area contributed by atoms with Crippen molar-refractivity contribution in [3.63, 3.8) is 0 Å². The first-order valence-electron chi connectivity index (χ1n) is 4.80. The zero-order valence-electron chi connectivity index (χ0n) is 9.85. The fourth-order valence-corrected chi connectivity index (χ4v) is 4.62. The maximum absolute atomic E-state index is 12.0. The highest BCUT2D eigenvalue weighted by Crippen LogP contribution is 2.14. The molecule has 0 spiro atoms. The summed E-state index contributed by atoms with van der Waals surface area (Å²) >= 11 is 6.27. The van der Waals surface area contributed by atoms with Crippen LogP contribution in [0.3, 0.4) is 0 Å². The molecule has 0 saturated carbocycles. The number of hydrogen-bond acceptors (Lipinski definition) is 4. The molecule has 15 heavy (non-hydrogen) atoms. The average molecular weight is 269 g/mol. The van der Waals surface area contributed by atoms with Crippen molar-refractivity contribution < 1.29 is 8.42 Å². The quantitative estimate of drug-likeness (QED) is 0.717. The number of sulfonamides is 1. The van der Waals surface area contributed by atoms with Crippen molar-refractivity contribution in [2.45, 2.75) is 39.8 Å². The summed E-state index contributed by atoms with van der Waals surface area (Å²) in [5.74, 6) is -0.0418. The third-order valence-corrected chi connectivity index (χ3v) is 5.62. The van der Waals surface area contributed by atoms with Gasteiger partial charge >= 0.3 is 0 Å². The SMILES string of the molecule is CSC(=S)CS(=O)(=O)N(C(C)C)C(C)C. The summed E-state index contributed by atoms with van der Waals surface area (Å²) in [5, 5.41) is 0. The fourth-order valence-electron chi connectivity index (χ4n) is 1.52. The standard InChI is InChI=1S/C9H19NO2S3/c1-7(2)10(8(3)4)15(11,12)6-9(13)14-5/h7-8H,6H2,1-5H3. The number of thiocarbonyl (C=S) groups is 1. The molecule has 3 nitrogen and oxygen atoms in total. The van der Waals surface area contributed by atoms with Crippen LogP contribution in [0.15, 0.2) is 0 Å². The van der Waals surface area contributed by atoms with Crippen LogP contribution in [-0.4, -0.2) is 41.0 Å². The zero-order chi connectivity index (χ0) is 12.2. The highest BCUT2D eigenvalue weighted by Gasteiger charge is 2.28. The molecule has 0 unspecified atom stereocenters. The Morgan fingerprint density at radius 2 is 1.67 bits per heavy atom. The van der Waals surface area contributed by atoms with Gasteiger partial charge in [0.1, 0.15) is 5.75 Å². The van der Waals surface area contributed by atoms with Crippen molar-refractivity contribution in [2.24, 2.45) is 0 Å². The van der Waals surface area contributed by atoms with E-state index in [1.165, 1.54) is 16.1 Å². The molecule has 0 fully saturated rings. The number of rotatable bonds is 5. The maximum Gasteiger partial charge on any atom is 0.220 e. The predicted molar refractivity (Wildman–Crippen MR) is 72.0 cm³/mol. The molecule has 0 aromatic rings. The van der Waals surface area contributed by atoms with Gasteiger partial charge in [-0.2, -0.15) is 4.31 Å². The number of hydrogen-bond donors (Lipinski definition) is 0. The lowest BCUT2D eigenvalue weighted by Crippen LogP contribution is -2.44. The number of nitrogens with zero attached hydrogens (tertiary/aromatic N) is 1. The van der Waals surface area contributed by atoms with Gasteiger partial charge in [-0.05, 0) is 34.0 Å². The first-order valence-corrected chi connectivity index (χ1v) is 8.04. The van der Waals surface area contributed by atoms with Crippen molar-refractivity contribution in [3.8, 4) is 0 Å². The van der Waals surface area contributed by atoms with E-state index < -0.39 is 10.0 Å². The van der Waals surface area contributed by atoms with Crippen molar-refractivity contribution in [1.82, 2.24) is 4.31 Å². The molecule has 0 aliphatic heterocycles. The van der Waals surface area contributed by atoms with Gasteiger partial charge < -0.3 is 0 Å². The molecule has 90 valence electrons. The van der Waals surface area contributed by atoms with Gasteiger partial charge in [-0.1, -0.05) is 12.2 Å². The van der Waals surface area contributed by atoms with Gasteiger partial charge in [-0.15, -0.1) is 11.8 Å². The first kappa shape index (κ1) is 15.3. The van der Waals surface area contributed by atoms with Gasteiger partial charge in [-0.25, -0.2) is 8.42 Å². The Balaban J connectivity index is 4.89. The summed E-state index contributed by atoms with van der Waals surface area (Å²) in [6.07, 6.45) is 1.80. The van der Waals surface area contributed by atoms with E-state index in [1.54, 1.807) is 6.26 Å². The van der Waals surface area contributed by atoms with Gasteiger partial charge in [0.15, 0.2) is 0 Å². The Hall–Kier alpha value is 0.350. The van der Waals surface area contributed by atoms with Crippen LogP contribution in [0.25, 0.3) is 0 Å². The van der Waals surface area contributed by atoms with Gasteiger partial charge in [0.2, 0.25) is 10.0 Å². The highest BCUT2D eigenvalue weighted by atomic mass is 32.2.